The van der Waals surface area contributed by atoms with Gasteiger partial charge in [-0.1, -0.05) is 20.3 Å². The van der Waals surface area contributed by atoms with Crippen LogP contribution in [0, 0.1) is 5.92 Å². The molecule has 0 aromatic carbocycles. The molecule has 0 aliphatic carbocycles. The van der Waals surface area contributed by atoms with Crippen molar-refractivity contribution in [1.29, 1.82) is 0 Å². The summed E-state index contributed by atoms with van der Waals surface area (Å²) >= 11 is 0. The average Bonchev–Trinajstić information content (AvgIpc) is 2.01. The summed E-state index contributed by atoms with van der Waals surface area (Å²) < 4.78 is 5.01. The second kappa shape index (κ2) is 6.19. The molecule has 0 amide bonds. The summed E-state index contributed by atoms with van der Waals surface area (Å²) in [4.78, 5) is 20.6. The summed E-state index contributed by atoms with van der Waals surface area (Å²) in [5.41, 5.74) is 0. The van der Waals surface area contributed by atoms with Gasteiger partial charge >= 0.3 is 5.97 Å². The first kappa shape index (κ1) is 13.6. The number of hydrogen-bond donors (Lipinski definition) is 1. The Morgan fingerprint density at radius 2 is 1.93 bits per heavy atom. The van der Waals surface area contributed by atoms with E-state index in [0.29, 0.717) is 6.61 Å². The molecular formula is C10H22O3Si. The Morgan fingerprint density at radius 3 is 2.36 bits per heavy atom. The van der Waals surface area contributed by atoms with E-state index >= 15 is 0 Å². The van der Waals surface area contributed by atoms with Crippen molar-refractivity contribution in [3.8, 4) is 0 Å². The SMILES string of the molecule is CC(C)C(=O)OCCCC[Si](C)(C)O. The Balaban J connectivity index is 3.35. The molecule has 0 aliphatic rings. The van der Waals surface area contributed by atoms with Gasteiger partial charge in [-0.25, -0.2) is 0 Å². The van der Waals surface area contributed by atoms with Crippen LogP contribution in [0.3, 0.4) is 0 Å². The highest BCUT2D eigenvalue weighted by atomic mass is 28.4. The van der Waals surface area contributed by atoms with Crippen LogP contribution in [0.15, 0.2) is 0 Å². The van der Waals surface area contributed by atoms with Crippen LogP contribution in [0.2, 0.25) is 19.1 Å². The lowest BCUT2D eigenvalue weighted by atomic mass is 10.2. The van der Waals surface area contributed by atoms with Crippen molar-refractivity contribution in [2.75, 3.05) is 6.61 Å². The van der Waals surface area contributed by atoms with Crippen molar-refractivity contribution < 1.29 is 14.3 Å². The maximum atomic E-state index is 11.0. The summed E-state index contributed by atoms with van der Waals surface area (Å²) in [5, 5.41) is 0. The minimum atomic E-state index is -1.90. The molecule has 1 N–H and O–H groups in total. The van der Waals surface area contributed by atoms with Gasteiger partial charge in [-0.15, -0.1) is 0 Å². The Labute approximate surface area is 87.6 Å². The molecule has 84 valence electrons. The Kier molecular flexibility index (Phi) is 6.03. The van der Waals surface area contributed by atoms with Crippen molar-refractivity contribution >= 4 is 14.3 Å². The third kappa shape index (κ3) is 8.25. The number of ether oxygens (including phenoxy) is 1. The van der Waals surface area contributed by atoms with Crippen LogP contribution in [0.4, 0.5) is 0 Å². The van der Waals surface area contributed by atoms with E-state index in [1.165, 1.54) is 0 Å². The summed E-state index contributed by atoms with van der Waals surface area (Å²) in [6, 6.07) is 0.881. The largest absolute Gasteiger partial charge is 0.465 e. The van der Waals surface area contributed by atoms with E-state index in [9.17, 15) is 9.59 Å². The second-order valence-electron chi connectivity index (χ2n) is 4.59. The number of unbranched alkanes of at least 4 members (excludes halogenated alkanes) is 1. The fourth-order valence-corrected chi connectivity index (χ4v) is 2.11. The molecule has 0 aromatic rings. The van der Waals surface area contributed by atoms with E-state index in [1.807, 2.05) is 26.9 Å². The molecule has 0 radical (unpaired) electrons. The number of hydrogen-bond acceptors (Lipinski definition) is 3. The molecule has 0 saturated heterocycles. The fraction of sp³-hybridized carbons (Fsp3) is 0.900. The molecule has 0 aromatic heterocycles. The molecule has 3 nitrogen and oxygen atoms in total. The van der Waals surface area contributed by atoms with Gasteiger partial charge in [-0.2, -0.15) is 0 Å². The lowest BCUT2D eigenvalue weighted by molar-refractivity contribution is -0.147. The van der Waals surface area contributed by atoms with Gasteiger partial charge < -0.3 is 9.53 Å². The lowest BCUT2D eigenvalue weighted by Crippen LogP contribution is -2.24. The van der Waals surface area contributed by atoms with Gasteiger partial charge in [0.25, 0.3) is 0 Å². The maximum absolute atomic E-state index is 11.0. The van der Waals surface area contributed by atoms with Crippen LogP contribution in [-0.2, 0) is 9.53 Å². The first-order chi connectivity index (χ1) is 6.33. The minimum Gasteiger partial charge on any atom is -0.465 e. The number of carbonyl (C=O) groups excluding carboxylic acids is 1. The second-order valence-corrected chi connectivity index (χ2v) is 8.72. The molecule has 0 bridgehead atoms. The maximum Gasteiger partial charge on any atom is 0.308 e. The van der Waals surface area contributed by atoms with E-state index < -0.39 is 8.32 Å². The molecule has 0 spiro atoms. The van der Waals surface area contributed by atoms with E-state index in [1.54, 1.807) is 0 Å². The van der Waals surface area contributed by atoms with Gasteiger partial charge in [0, 0.05) is 0 Å². The van der Waals surface area contributed by atoms with E-state index in [0.717, 1.165) is 18.9 Å². The molecular weight excluding hydrogens is 196 g/mol. The highest BCUT2D eigenvalue weighted by molar-refractivity contribution is 6.69. The van der Waals surface area contributed by atoms with Gasteiger partial charge in [0.05, 0.1) is 12.5 Å². The molecule has 14 heavy (non-hydrogen) atoms. The van der Waals surface area contributed by atoms with Crippen molar-refractivity contribution in [2.24, 2.45) is 5.92 Å². The van der Waals surface area contributed by atoms with Crippen molar-refractivity contribution in [3.05, 3.63) is 0 Å². The monoisotopic (exact) mass is 218 g/mol. The fourth-order valence-electron chi connectivity index (χ4n) is 0.999. The molecule has 0 unspecified atom stereocenters. The lowest BCUT2D eigenvalue weighted by Gasteiger charge is -2.13. The van der Waals surface area contributed by atoms with Gasteiger partial charge in [0.15, 0.2) is 8.32 Å². The van der Waals surface area contributed by atoms with Crippen LogP contribution in [-0.4, -0.2) is 25.7 Å². The summed E-state index contributed by atoms with van der Waals surface area (Å²) in [6.07, 6.45) is 1.80. The minimum absolute atomic E-state index is 0.0429. The first-order valence-electron chi connectivity index (χ1n) is 5.22. The van der Waals surface area contributed by atoms with Crippen molar-refractivity contribution in [2.45, 2.75) is 45.8 Å². The van der Waals surface area contributed by atoms with Gasteiger partial charge in [0.1, 0.15) is 0 Å². The highest BCUT2D eigenvalue weighted by Crippen LogP contribution is 2.10. The molecule has 0 fully saturated rings. The van der Waals surface area contributed by atoms with Crippen LogP contribution in [0.25, 0.3) is 0 Å². The van der Waals surface area contributed by atoms with Crippen molar-refractivity contribution in [1.82, 2.24) is 0 Å². The molecule has 4 heteroatoms. The van der Waals surface area contributed by atoms with Crippen LogP contribution < -0.4 is 0 Å². The normalized spacial score (nSPS) is 11.9. The van der Waals surface area contributed by atoms with Gasteiger partial charge in [0.2, 0.25) is 0 Å². The van der Waals surface area contributed by atoms with Crippen molar-refractivity contribution in [3.63, 3.8) is 0 Å². The first-order valence-corrected chi connectivity index (χ1v) is 8.37. The molecule has 0 saturated carbocycles. The molecule has 0 heterocycles. The zero-order chi connectivity index (χ0) is 11.2. The van der Waals surface area contributed by atoms with Gasteiger partial charge in [-0.3, -0.25) is 4.79 Å². The van der Waals surface area contributed by atoms with Gasteiger partial charge in [-0.05, 0) is 25.6 Å². The third-order valence-corrected chi connectivity index (χ3v) is 3.48. The van der Waals surface area contributed by atoms with E-state index in [2.05, 4.69) is 0 Å². The molecule has 0 rings (SSSR count). The zero-order valence-electron chi connectivity index (χ0n) is 9.67. The Hall–Kier alpha value is -0.353. The standard InChI is InChI=1S/C10H22O3Si/c1-9(2)10(11)13-7-5-6-8-14(3,4)12/h9,12H,5-8H2,1-4H3. The Morgan fingerprint density at radius 1 is 1.36 bits per heavy atom. The predicted octanol–water partition coefficient (Wildman–Crippen LogP) is 2.16. The highest BCUT2D eigenvalue weighted by Gasteiger charge is 2.15. The Bertz CT molecular complexity index is 173. The van der Waals surface area contributed by atoms with E-state index in [4.69, 9.17) is 4.74 Å². The quantitative estimate of drug-likeness (QED) is 0.422. The predicted molar refractivity (Wildman–Crippen MR) is 59.5 cm³/mol. The smallest absolute Gasteiger partial charge is 0.308 e. The number of carbonyl (C=O) groups is 1. The summed E-state index contributed by atoms with van der Waals surface area (Å²) in [6.45, 7) is 7.99. The average molecular weight is 218 g/mol. The molecule has 0 atom stereocenters. The summed E-state index contributed by atoms with van der Waals surface area (Å²) in [7, 11) is -1.90. The van der Waals surface area contributed by atoms with Crippen LogP contribution >= 0.6 is 0 Å². The van der Waals surface area contributed by atoms with Crippen LogP contribution in [0.1, 0.15) is 26.7 Å². The summed E-state index contributed by atoms with van der Waals surface area (Å²) in [5.74, 6) is -0.177. The van der Waals surface area contributed by atoms with E-state index in [-0.39, 0.29) is 11.9 Å². The number of esters is 1. The molecule has 0 aliphatic heterocycles. The third-order valence-electron chi connectivity index (χ3n) is 1.90. The van der Waals surface area contributed by atoms with Crippen LogP contribution in [0.5, 0.6) is 0 Å². The number of rotatable bonds is 6. The topological polar surface area (TPSA) is 46.5 Å². The zero-order valence-corrected chi connectivity index (χ0v) is 10.7.